The van der Waals surface area contributed by atoms with E-state index in [4.69, 9.17) is 0 Å². The van der Waals surface area contributed by atoms with Crippen LogP contribution in [0, 0.1) is 0 Å². The van der Waals surface area contributed by atoms with E-state index in [9.17, 15) is 0 Å². The summed E-state index contributed by atoms with van der Waals surface area (Å²) >= 11 is 1.87. The molecule has 2 aliphatic rings. The van der Waals surface area contributed by atoms with E-state index in [1.165, 1.54) is 91.8 Å². The van der Waals surface area contributed by atoms with Gasteiger partial charge in [0.15, 0.2) is 0 Å². The van der Waals surface area contributed by atoms with Gasteiger partial charge in [0.1, 0.15) is 0 Å². The van der Waals surface area contributed by atoms with Crippen molar-refractivity contribution in [2.75, 3.05) is 4.90 Å². The first-order chi connectivity index (χ1) is 27.8. The molecule has 3 heteroatoms. The van der Waals surface area contributed by atoms with Crippen molar-refractivity contribution in [1.29, 1.82) is 0 Å². The van der Waals surface area contributed by atoms with Gasteiger partial charge in [0.05, 0.1) is 16.4 Å². The van der Waals surface area contributed by atoms with E-state index < -0.39 is 5.41 Å². The molecule has 0 amide bonds. The third-order valence-corrected chi connectivity index (χ3v) is 13.7. The van der Waals surface area contributed by atoms with Crippen molar-refractivity contribution in [3.05, 3.63) is 216 Å². The fourth-order valence-electron chi connectivity index (χ4n) is 10.4. The topological polar surface area (TPSA) is 8.17 Å². The molecule has 0 unspecified atom stereocenters. The molecule has 2 aromatic heterocycles. The molecule has 56 heavy (non-hydrogen) atoms. The van der Waals surface area contributed by atoms with Gasteiger partial charge in [0, 0.05) is 53.7 Å². The molecule has 2 aliphatic carbocycles. The Kier molecular flexibility index (Phi) is 6.01. The molecule has 260 valence electrons. The summed E-state index contributed by atoms with van der Waals surface area (Å²) in [4.78, 5) is 2.47. The van der Waals surface area contributed by atoms with Gasteiger partial charge in [-0.3, -0.25) is 0 Å². The van der Waals surface area contributed by atoms with Gasteiger partial charge in [-0.15, -0.1) is 11.3 Å². The predicted molar refractivity (Wildman–Crippen MR) is 237 cm³/mol. The van der Waals surface area contributed by atoms with Crippen molar-refractivity contribution in [2.24, 2.45) is 0 Å². The molecule has 0 bridgehead atoms. The Morgan fingerprint density at radius 1 is 0.393 bits per heavy atom. The number of aromatic nitrogens is 1. The molecule has 2 nitrogen and oxygen atoms in total. The molecular formula is C53H32N2S. The summed E-state index contributed by atoms with van der Waals surface area (Å²) in [6.07, 6.45) is 0. The van der Waals surface area contributed by atoms with Crippen molar-refractivity contribution >= 4 is 81.1 Å². The van der Waals surface area contributed by atoms with Crippen LogP contribution in [0.25, 0.3) is 69.6 Å². The molecule has 0 saturated heterocycles. The van der Waals surface area contributed by atoms with Crippen molar-refractivity contribution in [1.82, 2.24) is 4.57 Å². The summed E-state index contributed by atoms with van der Waals surface area (Å²) < 4.78 is 5.09. The molecular weight excluding hydrogens is 697 g/mol. The van der Waals surface area contributed by atoms with Crippen LogP contribution in [-0.2, 0) is 5.41 Å². The van der Waals surface area contributed by atoms with E-state index in [0.29, 0.717) is 0 Å². The average Bonchev–Trinajstić information content (AvgIpc) is 3.90. The van der Waals surface area contributed by atoms with Gasteiger partial charge in [-0.1, -0.05) is 127 Å². The van der Waals surface area contributed by atoms with Crippen molar-refractivity contribution in [3.8, 4) is 16.8 Å². The predicted octanol–water partition coefficient (Wildman–Crippen LogP) is 14.5. The van der Waals surface area contributed by atoms with Gasteiger partial charge in [-0.2, -0.15) is 0 Å². The molecule has 0 aliphatic heterocycles. The van der Waals surface area contributed by atoms with E-state index in [0.717, 1.165) is 17.1 Å². The summed E-state index contributed by atoms with van der Waals surface area (Å²) in [6.45, 7) is 0. The van der Waals surface area contributed by atoms with Crippen LogP contribution in [0.3, 0.4) is 0 Å². The minimum Gasteiger partial charge on any atom is -0.310 e. The van der Waals surface area contributed by atoms with Crippen molar-refractivity contribution in [2.45, 2.75) is 5.41 Å². The maximum atomic E-state index is 2.53. The fourth-order valence-corrected chi connectivity index (χ4v) is 11.6. The van der Waals surface area contributed by atoms with Gasteiger partial charge in [0.25, 0.3) is 0 Å². The zero-order valence-electron chi connectivity index (χ0n) is 30.3. The van der Waals surface area contributed by atoms with Gasteiger partial charge in [-0.25, -0.2) is 0 Å². The zero-order valence-corrected chi connectivity index (χ0v) is 31.1. The summed E-state index contributed by atoms with van der Waals surface area (Å²) in [5.41, 5.74) is 14.6. The van der Waals surface area contributed by atoms with E-state index in [1.807, 2.05) is 11.3 Å². The third kappa shape index (κ3) is 3.80. The van der Waals surface area contributed by atoms with Crippen LogP contribution < -0.4 is 4.90 Å². The number of thiophene rings is 1. The van der Waals surface area contributed by atoms with E-state index in [1.54, 1.807) is 0 Å². The van der Waals surface area contributed by atoms with Gasteiger partial charge >= 0.3 is 0 Å². The molecule has 11 aromatic rings. The van der Waals surface area contributed by atoms with Crippen LogP contribution in [0.15, 0.2) is 194 Å². The van der Waals surface area contributed by atoms with Gasteiger partial charge < -0.3 is 9.47 Å². The number of para-hydroxylation sites is 2. The number of benzene rings is 9. The largest absolute Gasteiger partial charge is 0.310 e. The number of rotatable bonds is 4. The minimum absolute atomic E-state index is 0.525. The Morgan fingerprint density at radius 3 is 1.86 bits per heavy atom. The lowest BCUT2D eigenvalue weighted by atomic mass is 9.63. The first-order valence-corrected chi connectivity index (χ1v) is 20.2. The minimum atomic E-state index is -0.525. The number of hydrogen-bond donors (Lipinski definition) is 0. The lowest BCUT2D eigenvalue weighted by Crippen LogP contribution is -2.31. The number of hydrogen-bond acceptors (Lipinski definition) is 2. The summed E-state index contributed by atoms with van der Waals surface area (Å²) in [5, 5.41) is 7.89. The highest BCUT2D eigenvalue weighted by atomic mass is 32.1. The van der Waals surface area contributed by atoms with Crippen LogP contribution in [0.1, 0.15) is 22.3 Å². The first kappa shape index (κ1) is 30.4. The number of nitrogens with zero attached hydrogens (tertiary/aromatic N) is 2. The summed E-state index contributed by atoms with van der Waals surface area (Å²) in [7, 11) is 0. The van der Waals surface area contributed by atoms with Crippen LogP contribution in [0.2, 0.25) is 0 Å². The van der Waals surface area contributed by atoms with Crippen LogP contribution in [0.4, 0.5) is 17.1 Å². The van der Waals surface area contributed by atoms with E-state index in [-0.39, 0.29) is 0 Å². The smallest absolute Gasteiger partial charge is 0.0727 e. The lowest BCUT2D eigenvalue weighted by molar-refractivity contribution is 0.783. The molecule has 0 saturated carbocycles. The van der Waals surface area contributed by atoms with Crippen LogP contribution in [0.5, 0.6) is 0 Å². The maximum absolute atomic E-state index is 2.53. The number of anilines is 3. The van der Waals surface area contributed by atoms with Crippen LogP contribution >= 0.6 is 11.3 Å². The molecule has 13 rings (SSSR count). The van der Waals surface area contributed by atoms with Gasteiger partial charge in [-0.05, 0) is 111 Å². The van der Waals surface area contributed by atoms with Crippen molar-refractivity contribution < 1.29 is 0 Å². The van der Waals surface area contributed by atoms with Gasteiger partial charge in [0.2, 0.25) is 0 Å². The molecule has 0 fully saturated rings. The third-order valence-electron chi connectivity index (χ3n) is 12.5. The zero-order chi connectivity index (χ0) is 36.5. The second-order valence-electron chi connectivity index (χ2n) is 15.2. The quantitative estimate of drug-likeness (QED) is 0.175. The molecule has 0 N–H and O–H groups in total. The highest BCUT2D eigenvalue weighted by Crippen LogP contribution is 2.63. The SMILES string of the molecule is c1ccc(N(c2cc3c4c(ccc5c4c4c(cccc4n5-c4ccccc4)C34c3ccccc3-c3ccccc34)c2)c2ccc3c(c2)sc2ccccc23)cc1. The monoisotopic (exact) mass is 728 g/mol. The second-order valence-corrected chi connectivity index (χ2v) is 16.3. The fraction of sp³-hybridized carbons (Fsp3) is 0.0189. The summed E-state index contributed by atoms with van der Waals surface area (Å²) in [6, 6.07) is 72.5. The molecule has 0 radical (unpaired) electrons. The molecule has 1 spiro atoms. The normalized spacial score (nSPS) is 13.5. The van der Waals surface area contributed by atoms with E-state index >= 15 is 0 Å². The Balaban J connectivity index is 1.19. The molecule has 2 heterocycles. The first-order valence-electron chi connectivity index (χ1n) is 19.4. The highest BCUT2D eigenvalue weighted by Gasteiger charge is 2.50. The molecule has 9 aromatic carbocycles. The maximum Gasteiger partial charge on any atom is 0.0727 e. The number of fused-ring (bicyclic) bond motifs is 10. The Bertz CT molecular complexity index is 3380. The van der Waals surface area contributed by atoms with Crippen molar-refractivity contribution in [3.63, 3.8) is 0 Å². The second kappa shape index (κ2) is 11.1. The Morgan fingerprint density at radius 2 is 1.05 bits per heavy atom. The van der Waals surface area contributed by atoms with Crippen LogP contribution in [-0.4, -0.2) is 4.57 Å². The Labute approximate surface area is 327 Å². The summed E-state index contributed by atoms with van der Waals surface area (Å²) in [5.74, 6) is 0. The Hall–Kier alpha value is -6.94. The lowest BCUT2D eigenvalue weighted by Gasteiger charge is -2.39. The van der Waals surface area contributed by atoms with E-state index in [2.05, 4.69) is 204 Å². The highest BCUT2D eigenvalue weighted by molar-refractivity contribution is 7.25. The molecule has 0 atom stereocenters. The average molecular weight is 729 g/mol. The standard InChI is InChI=1S/C53H32N2S/c1-3-14-34(15-4-1)54(36-27-28-41-40-20-9-12-25-48(40)56-49(41)32-36)37-30-33-26-29-47-52-50(33)45(31-37)53(42-21-10-7-18-38(42)39-19-8-11-22-43(39)53)44-23-13-24-46(51(44)52)55(47)35-16-5-2-6-17-35/h1-32H.